The predicted molar refractivity (Wildman–Crippen MR) is 107 cm³/mol. The first kappa shape index (κ1) is 18.0. The van der Waals surface area contributed by atoms with E-state index in [0.29, 0.717) is 6.04 Å². The van der Waals surface area contributed by atoms with Crippen molar-refractivity contribution in [1.82, 2.24) is 20.3 Å². The van der Waals surface area contributed by atoms with Crippen molar-refractivity contribution >= 4 is 0 Å². The fraction of sp³-hybridized carbons (Fsp3) is 0.455. The lowest BCUT2D eigenvalue weighted by atomic mass is 10.00. The summed E-state index contributed by atoms with van der Waals surface area (Å²) in [6.07, 6.45) is 5.22. The van der Waals surface area contributed by atoms with E-state index in [1.165, 1.54) is 34.2 Å². The summed E-state index contributed by atoms with van der Waals surface area (Å²) >= 11 is 0. The molecule has 1 unspecified atom stereocenters. The second-order valence-corrected chi connectivity index (χ2v) is 7.66. The number of hydrogen-bond acceptors (Lipinski definition) is 4. The highest BCUT2D eigenvalue weighted by molar-refractivity contribution is 5.64. The zero-order chi connectivity index (χ0) is 19.0. The first-order chi connectivity index (χ1) is 13.1. The molecule has 1 saturated heterocycles. The number of nitrogens with zero attached hydrogens (tertiary/aromatic N) is 3. The van der Waals surface area contributed by atoms with Crippen LogP contribution in [0.2, 0.25) is 0 Å². The summed E-state index contributed by atoms with van der Waals surface area (Å²) in [6, 6.07) is 6.99. The molecule has 0 spiro atoms. The predicted octanol–water partition coefficient (Wildman–Crippen LogP) is 4.89. The maximum absolute atomic E-state index is 5.56. The number of nitrogens with one attached hydrogen (secondary N) is 1. The summed E-state index contributed by atoms with van der Waals surface area (Å²) < 4.78 is 5.56. The number of aromatic amines is 1. The van der Waals surface area contributed by atoms with Gasteiger partial charge in [-0.3, -0.25) is 10.00 Å². The van der Waals surface area contributed by atoms with E-state index in [2.05, 4.69) is 66.1 Å². The van der Waals surface area contributed by atoms with Crippen LogP contribution in [0, 0.1) is 20.8 Å². The average molecular weight is 364 g/mol. The number of hydrogen-bond donors (Lipinski definition) is 1. The molecule has 142 valence electrons. The van der Waals surface area contributed by atoms with Crippen molar-refractivity contribution in [2.75, 3.05) is 6.54 Å². The van der Waals surface area contributed by atoms with Crippen LogP contribution in [0.25, 0.3) is 11.3 Å². The molecule has 27 heavy (non-hydrogen) atoms. The van der Waals surface area contributed by atoms with Gasteiger partial charge >= 0.3 is 0 Å². The van der Waals surface area contributed by atoms with Crippen LogP contribution in [0.4, 0.5) is 0 Å². The fourth-order valence-corrected chi connectivity index (χ4v) is 4.24. The minimum absolute atomic E-state index is 0.383. The average Bonchev–Trinajstić information content (AvgIpc) is 3.38. The van der Waals surface area contributed by atoms with Crippen molar-refractivity contribution in [2.24, 2.45) is 0 Å². The van der Waals surface area contributed by atoms with E-state index in [1.54, 1.807) is 0 Å². The molecule has 3 heterocycles. The standard InChI is InChI=1S/C22H28N4O/c1-5-20-21(16(4)25-27-20)19-7-6-10-26(19)13-18-12-23-24-22(18)17-9-8-14(2)15(3)11-17/h8-9,11-12,19H,5-7,10,13H2,1-4H3,(H,23,24). The van der Waals surface area contributed by atoms with Gasteiger partial charge < -0.3 is 4.52 Å². The summed E-state index contributed by atoms with van der Waals surface area (Å²) in [5.74, 6) is 1.03. The first-order valence-electron chi connectivity index (χ1n) is 9.87. The molecule has 4 rings (SSSR count). The number of aryl methyl sites for hydroxylation is 4. The van der Waals surface area contributed by atoms with Gasteiger partial charge in [-0.15, -0.1) is 0 Å². The second-order valence-electron chi connectivity index (χ2n) is 7.66. The molecular formula is C22H28N4O. The van der Waals surface area contributed by atoms with E-state index in [4.69, 9.17) is 4.52 Å². The molecule has 0 radical (unpaired) electrons. The summed E-state index contributed by atoms with van der Waals surface area (Å²) in [4.78, 5) is 2.55. The van der Waals surface area contributed by atoms with Crippen LogP contribution in [0.3, 0.4) is 0 Å². The van der Waals surface area contributed by atoms with E-state index in [9.17, 15) is 0 Å². The van der Waals surface area contributed by atoms with Gasteiger partial charge in [0.2, 0.25) is 0 Å². The van der Waals surface area contributed by atoms with Crippen molar-refractivity contribution in [1.29, 1.82) is 0 Å². The Hall–Kier alpha value is -2.40. The fourth-order valence-electron chi connectivity index (χ4n) is 4.24. The number of likely N-dealkylation sites (tertiary alicyclic amines) is 1. The lowest BCUT2D eigenvalue weighted by Crippen LogP contribution is -2.23. The Morgan fingerprint density at radius 2 is 2.07 bits per heavy atom. The smallest absolute Gasteiger partial charge is 0.141 e. The third kappa shape index (κ3) is 3.32. The Kier molecular flexibility index (Phi) is 4.87. The van der Waals surface area contributed by atoms with Crippen molar-refractivity contribution < 1.29 is 4.52 Å². The van der Waals surface area contributed by atoms with Crippen LogP contribution >= 0.6 is 0 Å². The zero-order valence-corrected chi connectivity index (χ0v) is 16.7. The molecule has 0 aliphatic carbocycles. The van der Waals surface area contributed by atoms with Gasteiger partial charge in [0.05, 0.1) is 17.6 Å². The molecule has 0 bridgehead atoms. The third-order valence-corrected chi connectivity index (χ3v) is 5.89. The molecular weight excluding hydrogens is 336 g/mol. The highest BCUT2D eigenvalue weighted by Gasteiger charge is 2.31. The van der Waals surface area contributed by atoms with Crippen molar-refractivity contribution in [3.8, 4) is 11.3 Å². The van der Waals surface area contributed by atoms with Crippen LogP contribution in [0.1, 0.15) is 59.5 Å². The molecule has 1 aliphatic rings. The van der Waals surface area contributed by atoms with Crippen molar-refractivity contribution in [3.63, 3.8) is 0 Å². The molecule has 1 atom stereocenters. The van der Waals surface area contributed by atoms with Crippen molar-refractivity contribution in [2.45, 2.75) is 59.5 Å². The van der Waals surface area contributed by atoms with E-state index in [1.807, 2.05) is 6.20 Å². The zero-order valence-electron chi connectivity index (χ0n) is 16.7. The molecule has 5 nitrogen and oxygen atoms in total. The van der Waals surface area contributed by atoms with Crippen LogP contribution in [0.15, 0.2) is 28.9 Å². The molecule has 5 heteroatoms. The highest BCUT2D eigenvalue weighted by Crippen LogP contribution is 2.37. The Bertz CT molecular complexity index is 940. The lowest BCUT2D eigenvalue weighted by Gasteiger charge is -2.24. The Labute approximate surface area is 160 Å². The van der Waals surface area contributed by atoms with Gasteiger partial charge in [-0.2, -0.15) is 5.10 Å². The quantitative estimate of drug-likeness (QED) is 0.700. The maximum Gasteiger partial charge on any atom is 0.141 e. The molecule has 2 aromatic heterocycles. The molecule has 1 aromatic carbocycles. The Morgan fingerprint density at radius 3 is 2.85 bits per heavy atom. The van der Waals surface area contributed by atoms with Crippen LogP contribution in [0.5, 0.6) is 0 Å². The molecule has 3 aromatic rings. The minimum Gasteiger partial charge on any atom is -0.361 e. The monoisotopic (exact) mass is 364 g/mol. The van der Waals surface area contributed by atoms with Crippen LogP contribution in [-0.4, -0.2) is 26.8 Å². The minimum atomic E-state index is 0.383. The van der Waals surface area contributed by atoms with E-state index >= 15 is 0 Å². The van der Waals surface area contributed by atoms with Gasteiger partial charge in [-0.05, 0) is 57.4 Å². The molecule has 1 aliphatic heterocycles. The summed E-state index contributed by atoms with van der Waals surface area (Å²) in [7, 11) is 0. The number of rotatable bonds is 5. The van der Waals surface area contributed by atoms with Crippen LogP contribution < -0.4 is 0 Å². The highest BCUT2D eigenvalue weighted by atomic mass is 16.5. The van der Waals surface area contributed by atoms with Gasteiger partial charge in [0.15, 0.2) is 0 Å². The molecule has 1 fully saturated rings. The van der Waals surface area contributed by atoms with E-state index in [-0.39, 0.29) is 0 Å². The summed E-state index contributed by atoms with van der Waals surface area (Å²) in [5, 5.41) is 11.8. The SMILES string of the molecule is CCc1onc(C)c1C1CCCN1Cc1cn[nH]c1-c1ccc(C)c(C)c1. The molecule has 0 saturated carbocycles. The Morgan fingerprint density at radius 1 is 1.22 bits per heavy atom. The van der Waals surface area contributed by atoms with Crippen LogP contribution in [-0.2, 0) is 13.0 Å². The van der Waals surface area contributed by atoms with E-state index in [0.717, 1.165) is 43.1 Å². The largest absolute Gasteiger partial charge is 0.361 e. The van der Waals surface area contributed by atoms with Crippen molar-refractivity contribution in [3.05, 3.63) is 58.1 Å². The summed E-state index contributed by atoms with van der Waals surface area (Å²) in [6.45, 7) is 10.5. The second kappa shape index (κ2) is 7.31. The van der Waals surface area contributed by atoms with Gasteiger partial charge in [-0.25, -0.2) is 0 Å². The number of benzene rings is 1. The number of aromatic nitrogens is 3. The summed E-state index contributed by atoms with van der Waals surface area (Å²) in [5.41, 5.74) is 8.53. The van der Waals surface area contributed by atoms with Gasteiger partial charge in [0.1, 0.15) is 5.76 Å². The number of H-pyrrole nitrogens is 1. The third-order valence-electron chi connectivity index (χ3n) is 5.89. The molecule has 0 amide bonds. The topological polar surface area (TPSA) is 58.0 Å². The normalized spacial score (nSPS) is 17.7. The van der Waals surface area contributed by atoms with E-state index < -0.39 is 0 Å². The van der Waals surface area contributed by atoms with Gasteiger partial charge in [0.25, 0.3) is 0 Å². The van der Waals surface area contributed by atoms with Gasteiger partial charge in [-0.1, -0.05) is 24.2 Å². The first-order valence-corrected chi connectivity index (χ1v) is 9.87. The molecule has 1 N–H and O–H groups in total. The maximum atomic E-state index is 5.56. The lowest BCUT2D eigenvalue weighted by molar-refractivity contribution is 0.245. The van der Waals surface area contributed by atoms with Gasteiger partial charge in [0, 0.05) is 35.7 Å². The Balaban J connectivity index is 1.62.